The summed E-state index contributed by atoms with van der Waals surface area (Å²) in [4.78, 5) is 10.6. The molecule has 1 heterocycles. The lowest BCUT2D eigenvalue weighted by Crippen LogP contribution is -2.20. The highest BCUT2D eigenvalue weighted by Crippen LogP contribution is 2.23. The van der Waals surface area contributed by atoms with Crippen molar-refractivity contribution in [3.8, 4) is 0 Å². The average molecular weight is 291 g/mol. The Morgan fingerprint density at radius 2 is 1.90 bits per heavy atom. The third-order valence-corrected chi connectivity index (χ3v) is 3.40. The Labute approximate surface area is 124 Å². The van der Waals surface area contributed by atoms with Crippen molar-refractivity contribution in [2.24, 2.45) is 0 Å². The molecule has 0 bridgehead atoms. The molecule has 0 aliphatic rings. The maximum absolute atomic E-state index is 5.96. The van der Waals surface area contributed by atoms with Gasteiger partial charge in [0.15, 0.2) is 0 Å². The van der Waals surface area contributed by atoms with Gasteiger partial charge in [-0.1, -0.05) is 37.1 Å². The van der Waals surface area contributed by atoms with Crippen LogP contribution in [-0.2, 0) is 13.0 Å². The fourth-order valence-corrected chi connectivity index (χ4v) is 2.30. The number of hydrogen-bond acceptors (Lipinski definition) is 4. The molecule has 2 aromatic rings. The summed E-state index contributed by atoms with van der Waals surface area (Å²) >= 11 is 5.90. The van der Waals surface area contributed by atoms with Gasteiger partial charge >= 0.3 is 0 Å². The monoisotopic (exact) mass is 290 g/mol. The van der Waals surface area contributed by atoms with Crippen LogP contribution in [0, 0.1) is 0 Å². The molecule has 0 amide bonds. The normalized spacial score (nSPS) is 10.6. The van der Waals surface area contributed by atoms with E-state index >= 15 is 0 Å². The molecule has 0 saturated carbocycles. The van der Waals surface area contributed by atoms with Crippen molar-refractivity contribution in [2.45, 2.75) is 26.3 Å². The van der Waals surface area contributed by atoms with E-state index in [1.807, 2.05) is 31.3 Å². The third-order valence-electron chi connectivity index (χ3n) is 3.15. The molecule has 0 aliphatic heterocycles. The first-order chi connectivity index (χ1) is 9.61. The number of nitrogens with zero attached hydrogens (tertiary/aromatic N) is 3. The molecule has 1 aromatic carbocycles. The Morgan fingerprint density at radius 1 is 1.20 bits per heavy atom. The lowest BCUT2D eigenvalue weighted by atomic mass is 10.1. The summed E-state index contributed by atoms with van der Waals surface area (Å²) in [6.45, 7) is 2.87. The van der Waals surface area contributed by atoms with Crippen LogP contribution in [0.5, 0.6) is 0 Å². The van der Waals surface area contributed by atoms with Crippen molar-refractivity contribution in [2.75, 3.05) is 17.7 Å². The van der Waals surface area contributed by atoms with E-state index in [2.05, 4.69) is 21.8 Å². The van der Waals surface area contributed by atoms with Crippen molar-refractivity contribution in [1.82, 2.24) is 9.97 Å². The number of nitrogens with two attached hydrogens (primary N) is 1. The van der Waals surface area contributed by atoms with Crippen molar-refractivity contribution < 1.29 is 0 Å². The highest BCUT2D eigenvalue weighted by Gasteiger charge is 2.12. The first-order valence-corrected chi connectivity index (χ1v) is 7.04. The molecule has 0 fully saturated rings. The summed E-state index contributed by atoms with van der Waals surface area (Å²) in [6, 6.07) is 7.82. The van der Waals surface area contributed by atoms with Gasteiger partial charge in [-0.2, -0.15) is 0 Å². The van der Waals surface area contributed by atoms with E-state index in [0.29, 0.717) is 5.82 Å². The second kappa shape index (κ2) is 6.57. The first kappa shape index (κ1) is 14.6. The summed E-state index contributed by atoms with van der Waals surface area (Å²) in [5, 5.41) is 0.745. The highest BCUT2D eigenvalue weighted by atomic mass is 35.5. The van der Waals surface area contributed by atoms with Gasteiger partial charge in [0.25, 0.3) is 0 Å². The van der Waals surface area contributed by atoms with E-state index < -0.39 is 0 Å². The van der Waals surface area contributed by atoms with Crippen LogP contribution in [0.3, 0.4) is 0 Å². The summed E-state index contributed by atoms with van der Waals surface area (Å²) < 4.78 is 0. The number of rotatable bonds is 5. The third kappa shape index (κ3) is 3.39. The van der Waals surface area contributed by atoms with Gasteiger partial charge in [-0.3, -0.25) is 0 Å². The minimum Gasteiger partial charge on any atom is -0.383 e. The quantitative estimate of drug-likeness (QED) is 0.918. The van der Waals surface area contributed by atoms with Crippen LogP contribution in [-0.4, -0.2) is 17.0 Å². The summed E-state index contributed by atoms with van der Waals surface area (Å²) in [5.41, 5.74) is 8.16. The number of halogens is 1. The van der Waals surface area contributed by atoms with Crippen LogP contribution >= 0.6 is 11.6 Å². The summed E-state index contributed by atoms with van der Waals surface area (Å²) in [5.74, 6) is 1.47. The zero-order valence-corrected chi connectivity index (χ0v) is 12.6. The largest absolute Gasteiger partial charge is 0.383 e. The zero-order chi connectivity index (χ0) is 14.5. The predicted molar refractivity (Wildman–Crippen MR) is 84.0 cm³/mol. The van der Waals surface area contributed by atoms with Gasteiger partial charge in [0, 0.05) is 24.2 Å². The fourth-order valence-electron chi connectivity index (χ4n) is 2.17. The van der Waals surface area contributed by atoms with E-state index in [0.717, 1.165) is 35.8 Å². The Kier molecular flexibility index (Phi) is 4.79. The average Bonchev–Trinajstić information content (AvgIpc) is 2.43. The molecule has 0 spiro atoms. The van der Waals surface area contributed by atoms with Crippen LogP contribution in [0.15, 0.2) is 30.6 Å². The van der Waals surface area contributed by atoms with Crippen LogP contribution in [0.4, 0.5) is 11.6 Å². The molecule has 0 radical (unpaired) electrons. The fraction of sp³-hybridized carbons (Fsp3) is 0.333. The minimum absolute atomic E-state index is 0.569. The zero-order valence-electron chi connectivity index (χ0n) is 11.8. The van der Waals surface area contributed by atoms with Crippen molar-refractivity contribution in [3.63, 3.8) is 0 Å². The molecule has 106 valence electrons. The molecule has 2 rings (SSSR count). The standard InChI is InChI=1S/C15H19ClN4/c1-3-4-13-14(17)18-10-19-15(13)20(2)9-11-5-7-12(16)8-6-11/h5-8,10H,3-4,9H2,1-2H3,(H2,17,18,19). The molecule has 0 atom stereocenters. The van der Waals surface area contributed by atoms with Crippen LogP contribution in [0.25, 0.3) is 0 Å². The minimum atomic E-state index is 0.569. The topological polar surface area (TPSA) is 55.0 Å². The Bertz CT molecular complexity index is 569. The predicted octanol–water partition coefficient (Wildman–Crippen LogP) is 3.30. The number of nitrogen functional groups attached to an aromatic ring is 1. The number of benzene rings is 1. The van der Waals surface area contributed by atoms with Gasteiger partial charge in [0.2, 0.25) is 0 Å². The molecule has 1 aromatic heterocycles. The molecular formula is C15H19ClN4. The van der Waals surface area contributed by atoms with E-state index in [-0.39, 0.29) is 0 Å². The molecule has 0 unspecified atom stereocenters. The Morgan fingerprint density at radius 3 is 2.55 bits per heavy atom. The summed E-state index contributed by atoms with van der Waals surface area (Å²) in [7, 11) is 2.01. The van der Waals surface area contributed by atoms with Crippen molar-refractivity contribution >= 4 is 23.2 Å². The van der Waals surface area contributed by atoms with Gasteiger partial charge in [-0.05, 0) is 24.1 Å². The van der Waals surface area contributed by atoms with Gasteiger partial charge < -0.3 is 10.6 Å². The molecule has 0 aliphatic carbocycles. The van der Waals surface area contributed by atoms with Crippen molar-refractivity contribution in [1.29, 1.82) is 0 Å². The molecular weight excluding hydrogens is 272 g/mol. The van der Waals surface area contributed by atoms with Crippen LogP contribution < -0.4 is 10.6 Å². The van der Waals surface area contributed by atoms with E-state index in [9.17, 15) is 0 Å². The highest BCUT2D eigenvalue weighted by molar-refractivity contribution is 6.30. The molecule has 0 saturated heterocycles. The molecule has 4 nitrogen and oxygen atoms in total. The SMILES string of the molecule is CCCc1c(N)ncnc1N(C)Cc1ccc(Cl)cc1. The second-order valence-corrected chi connectivity index (χ2v) is 5.23. The molecule has 2 N–H and O–H groups in total. The first-order valence-electron chi connectivity index (χ1n) is 6.66. The second-order valence-electron chi connectivity index (χ2n) is 4.79. The Balaban J connectivity index is 2.22. The lowest BCUT2D eigenvalue weighted by Gasteiger charge is -2.21. The maximum atomic E-state index is 5.96. The van der Waals surface area contributed by atoms with Crippen LogP contribution in [0.2, 0.25) is 5.02 Å². The van der Waals surface area contributed by atoms with Gasteiger partial charge in [-0.15, -0.1) is 0 Å². The van der Waals surface area contributed by atoms with Crippen molar-refractivity contribution in [3.05, 3.63) is 46.7 Å². The van der Waals surface area contributed by atoms with E-state index in [1.54, 1.807) is 0 Å². The van der Waals surface area contributed by atoms with Crippen LogP contribution in [0.1, 0.15) is 24.5 Å². The lowest BCUT2D eigenvalue weighted by molar-refractivity contribution is 0.846. The smallest absolute Gasteiger partial charge is 0.137 e. The Hall–Kier alpha value is -1.81. The summed E-state index contributed by atoms with van der Waals surface area (Å²) in [6.07, 6.45) is 3.41. The molecule has 20 heavy (non-hydrogen) atoms. The van der Waals surface area contributed by atoms with E-state index in [4.69, 9.17) is 17.3 Å². The molecule has 5 heteroatoms. The van der Waals surface area contributed by atoms with Gasteiger partial charge in [0.05, 0.1) is 0 Å². The number of anilines is 2. The number of hydrogen-bond donors (Lipinski definition) is 1. The van der Waals surface area contributed by atoms with Gasteiger partial charge in [0.1, 0.15) is 18.0 Å². The van der Waals surface area contributed by atoms with Gasteiger partial charge in [-0.25, -0.2) is 9.97 Å². The van der Waals surface area contributed by atoms with E-state index in [1.165, 1.54) is 11.9 Å². The number of aromatic nitrogens is 2. The maximum Gasteiger partial charge on any atom is 0.137 e.